The number of rotatable bonds is 1. The van der Waals surface area contributed by atoms with Crippen LogP contribution >= 0.6 is 0 Å². The maximum atomic E-state index is 12.4. The molecule has 4 aliphatic rings. The van der Waals surface area contributed by atoms with Gasteiger partial charge in [0.15, 0.2) is 0 Å². The van der Waals surface area contributed by atoms with Crippen molar-refractivity contribution >= 4 is 11.6 Å². The standard InChI is InChI=1S/C20H26O2/c1-3-12-10-17-15(14-5-4-13(21)11-16(12)14)8-9-20(2)18(17)6-7-19(20)22/h8,12,17-18H,3-7,9-11H2,1-2H3/t12-,17-,18+,20+/m1/s1. The smallest absolute Gasteiger partial charge is 0.139 e. The molecule has 2 nitrogen and oxygen atoms in total. The highest BCUT2D eigenvalue weighted by atomic mass is 16.1. The molecule has 4 atom stereocenters. The molecule has 0 radical (unpaired) electrons. The third-order valence-corrected chi connectivity index (χ3v) is 7.07. The van der Waals surface area contributed by atoms with Crippen molar-refractivity contribution in [2.45, 2.75) is 65.2 Å². The van der Waals surface area contributed by atoms with Gasteiger partial charge in [0, 0.05) is 24.7 Å². The van der Waals surface area contributed by atoms with Gasteiger partial charge in [0.1, 0.15) is 11.6 Å². The molecule has 0 heterocycles. The molecule has 22 heavy (non-hydrogen) atoms. The third kappa shape index (κ3) is 1.85. The lowest BCUT2D eigenvalue weighted by molar-refractivity contribution is -0.127. The largest absolute Gasteiger partial charge is 0.299 e. The predicted molar refractivity (Wildman–Crippen MR) is 86.3 cm³/mol. The zero-order chi connectivity index (χ0) is 15.5. The van der Waals surface area contributed by atoms with E-state index < -0.39 is 0 Å². The number of carbonyl (C=O) groups is 2. The molecule has 0 aromatic carbocycles. The fraction of sp³-hybridized carbons (Fsp3) is 0.700. The summed E-state index contributed by atoms with van der Waals surface area (Å²) in [6, 6.07) is 0. The molecular weight excluding hydrogens is 272 g/mol. The summed E-state index contributed by atoms with van der Waals surface area (Å²) < 4.78 is 0. The first kappa shape index (κ1) is 14.4. The monoisotopic (exact) mass is 298 g/mol. The highest BCUT2D eigenvalue weighted by Gasteiger charge is 2.53. The normalized spacial score (nSPS) is 41.0. The first-order chi connectivity index (χ1) is 10.5. The van der Waals surface area contributed by atoms with Crippen LogP contribution in [0.1, 0.15) is 65.2 Å². The Morgan fingerprint density at radius 3 is 2.82 bits per heavy atom. The van der Waals surface area contributed by atoms with E-state index in [9.17, 15) is 9.59 Å². The number of fused-ring (bicyclic) bond motifs is 4. The summed E-state index contributed by atoms with van der Waals surface area (Å²) >= 11 is 0. The second kappa shape index (κ2) is 4.91. The van der Waals surface area contributed by atoms with Crippen molar-refractivity contribution in [3.05, 3.63) is 22.8 Å². The zero-order valence-electron chi connectivity index (χ0n) is 13.8. The van der Waals surface area contributed by atoms with Gasteiger partial charge in [0.25, 0.3) is 0 Å². The van der Waals surface area contributed by atoms with Crippen LogP contribution in [0.15, 0.2) is 22.8 Å². The van der Waals surface area contributed by atoms with Crippen molar-refractivity contribution in [2.24, 2.45) is 23.2 Å². The average molecular weight is 298 g/mol. The molecule has 0 aromatic heterocycles. The van der Waals surface area contributed by atoms with Crippen LogP contribution in [0.4, 0.5) is 0 Å². The molecule has 0 spiro atoms. The van der Waals surface area contributed by atoms with E-state index in [2.05, 4.69) is 19.9 Å². The van der Waals surface area contributed by atoms with Crippen LogP contribution in [-0.2, 0) is 9.59 Å². The minimum atomic E-state index is -0.102. The molecule has 118 valence electrons. The van der Waals surface area contributed by atoms with Crippen molar-refractivity contribution in [1.82, 2.24) is 0 Å². The number of Topliss-reactive ketones (excluding diaryl/α,β-unsaturated/α-hetero) is 2. The van der Waals surface area contributed by atoms with Gasteiger partial charge in [-0.3, -0.25) is 9.59 Å². The van der Waals surface area contributed by atoms with Gasteiger partial charge in [0.05, 0.1) is 0 Å². The topological polar surface area (TPSA) is 34.1 Å². The maximum absolute atomic E-state index is 12.4. The van der Waals surface area contributed by atoms with Gasteiger partial charge in [-0.15, -0.1) is 0 Å². The van der Waals surface area contributed by atoms with Crippen LogP contribution in [0.25, 0.3) is 0 Å². The van der Waals surface area contributed by atoms with E-state index in [1.807, 2.05) is 0 Å². The zero-order valence-corrected chi connectivity index (χ0v) is 13.8. The summed E-state index contributed by atoms with van der Waals surface area (Å²) in [6.45, 7) is 4.46. The van der Waals surface area contributed by atoms with E-state index >= 15 is 0 Å². The summed E-state index contributed by atoms with van der Waals surface area (Å²) in [7, 11) is 0. The van der Waals surface area contributed by atoms with E-state index in [1.165, 1.54) is 23.1 Å². The molecule has 4 rings (SSSR count). The molecule has 1 saturated carbocycles. The van der Waals surface area contributed by atoms with Crippen LogP contribution in [0, 0.1) is 23.2 Å². The van der Waals surface area contributed by atoms with Gasteiger partial charge in [0.2, 0.25) is 0 Å². The molecule has 0 saturated heterocycles. The summed E-state index contributed by atoms with van der Waals surface area (Å²) in [5.74, 6) is 2.59. The molecule has 1 fully saturated rings. The molecule has 0 aromatic rings. The second-order valence-electron chi connectivity index (χ2n) is 8.02. The number of ketones is 2. The van der Waals surface area contributed by atoms with Gasteiger partial charge < -0.3 is 0 Å². The number of allylic oxidation sites excluding steroid dienone is 4. The van der Waals surface area contributed by atoms with E-state index in [-0.39, 0.29) is 5.41 Å². The Balaban J connectivity index is 1.79. The Morgan fingerprint density at radius 1 is 1.23 bits per heavy atom. The first-order valence-electron chi connectivity index (χ1n) is 9.02. The first-order valence-corrected chi connectivity index (χ1v) is 9.02. The summed E-state index contributed by atoms with van der Waals surface area (Å²) in [5.41, 5.74) is 4.40. The van der Waals surface area contributed by atoms with Crippen LogP contribution in [0.3, 0.4) is 0 Å². The minimum absolute atomic E-state index is 0.102. The number of carbonyl (C=O) groups excluding carboxylic acids is 2. The van der Waals surface area contributed by atoms with E-state index in [0.29, 0.717) is 35.7 Å². The lowest BCUT2D eigenvalue weighted by Crippen LogP contribution is -2.40. The van der Waals surface area contributed by atoms with Gasteiger partial charge in [-0.05, 0) is 61.0 Å². The number of hydrogen-bond donors (Lipinski definition) is 0. The second-order valence-corrected chi connectivity index (χ2v) is 8.02. The Kier molecular flexibility index (Phi) is 3.22. The maximum Gasteiger partial charge on any atom is 0.139 e. The van der Waals surface area contributed by atoms with Crippen molar-refractivity contribution < 1.29 is 9.59 Å². The minimum Gasteiger partial charge on any atom is -0.299 e. The molecule has 2 heteroatoms. The average Bonchev–Trinajstić information content (AvgIpc) is 2.82. The summed E-state index contributed by atoms with van der Waals surface area (Å²) in [4.78, 5) is 24.3. The highest BCUT2D eigenvalue weighted by molar-refractivity contribution is 5.88. The third-order valence-electron chi connectivity index (χ3n) is 7.07. The van der Waals surface area contributed by atoms with Crippen LogP contribution < -0.4 is 0 Å². The van der Waals surface area contributed by atoms with Crippen molar-refractivity contribution in [2.75, 3.05) is 0 Å². The Labute approximate surface area is 133 Å². The molecule has 0 amide bonds. The fourth-order valence-electron chi connectivity index (χ4n) is 5.75. The lowest BCUT2D eigenvalue weighted by Gasteiger charge is -2.47. The lowest BCUT2D eigenvalue weighted by atomic mass is 9.57. The molecule has 0 aliphatic heterocycles. The number of hydrogen-bond acceptors (Lipinski definition) is 2. The summed E-state index contributed by atoms with van der Waals surface area (Å²) in [6.07, 6.45) is 9.82. The van der Waals surface area contributed by atoms with E-state index in [1.54, 1.807) is 0 Å². The van der Waals surface area contributed by atoms with Gasteiger partial charge in [-0.2, -0.15) is 0 Å². The van der Waals surface area contributed by atoms with Crippen molar-refractivity contribution in [3.63, 3.8) is 0 Å². The molecule has 0 N–H and O–H groups in total. The van der Waals surface area contributed by atoms with E-state index in [4.69, 9.17) is 0 Å². The van der Waals surface area contributed by atoms with Crippen LogP contribution in [0.5, 0.6) is 0 Å². The predicted octanol–water partition coefficient (Wildman–Crippen LogP) is 4.40. The molecule has 4 aliphatic carbocycles. The van der Waals surface area contributed by atoms with Crippen LogP contribution in [0.2, 0.25) is 0 Å². The van der Waals surface area contributed by atoms with Gasteiger partial charge in [-0.25, -0.2) is 0 Å². The Hall–Kier alpha value is -1.18. The quantitative estimate of drug-likeness (QED) is 0.719. The summed E-state index contributed by atoms with van der Waals surface area (Å²) in [5, 5.41) is 0. The van der Waals surface area contributed by atoms with Crippen molar-refractivity contribution in [1.29, 1.82) is 0 Å². The van der Waals surface area contributed by atoms with Gasteiger partial charge in [-0.1, -0.05) is 25.5 Å². The molecule has 0 unspecified atom stereocenters. The molecule has 0 bridgehead atoms. The fourth-order valence-corrected chi connectivity index (χ4v) is 5.75. The Bertz CT molecular complexity index is 609. The highest BCUT2D eigenvalue weighted by Crippen LogP contribution is 2.58. The van der Waals surface area contributed by atoms with E-state index in [0.717, 1.165) is 38.5 Å². The van der Waals surface area contributed by atoms with Gasteiger partial charge >= 0.3 is 0 Å². The SMILES string of the molecule is CC[C@@H]1C[C@@H]2C(=CC[C@]3(C)C(=O)CC[C@@H]23)C2=C1CC(=O)CC2. The van der Waals surface area contributed by atoms with Crippen molar-refractivity contribution in [3.8, 4) is 0 Å². The van der Waals surface area contributed by atoms with Crippen LogP contribution in [-0.4, -0.2) is 11.6 Å². The molecular formula is C20H26O2. The Morgan fingerprint density at radius 2 is 2.05 bits per heavy atom.